The van der Waals surface area contributed by atoms with Gasteiger partial charge in [0.1, 0.15) is 0 Å². The lowest BCUT2D eigenvalue weighted by atomic mass is 10.2. The fourth-order valence-corrected chi connectivity index (χ4v) is 2.51. The second-order valence-corrected chi connectivity index (χ2v) is 5.32. The maximum absolute atomic E-state index is 11.4. The van der Waals surface area contributed by atoms with Gasteiger partial charge in [0.2, 0.25) is 5.91 Å². The second-order valence-electron chi connectivity index (χ2n) is 5.32. The third-order valence-electron chi connectivity index (χ3n) is 3.53. The highest BCUT2D eigenvalue weighted by atomic mass is 16.5. The molecule has 7 nitrogen and oxygen atoms in total. The monoisotopic (exact) mass is 301 g/mol. The molecule has 0 unspecified atom stereocenters. The summed E-state index contributed by atoms with van der Waals surface area (Å²) < 4.78 is 6.89. The average Bonchev–Trinajstić information content (AvgIpc) is 2.96. The van der Waals surface area contributed by atoms with Gasteiger partial charge in [-0.25, -0.2) is 4.68 Å². The van der Waals surface area contributed by atoms with Crippen LogP contribution in [0.25, 0.3) is 5.69 Å². The first-order chi connectivity index (χ1) is 10.7. The van der Waals surface area contributed by atoms with Gasteiger partial charge in [0.05, 0.1) is 30.7 Å². The lowest BCUT2D eigenvalue weighted by Gasteiger charge is -2.25. The highest BCUT2D eigenvalue weighted by Crippen LogP contribution is 2.12. The van der Waals surface area contributed by atoms with Crippen molar-refractivity contribution in [3.63, 3.8) is 0 Å². The van der Waals surface area contributed by atoms with Crippen molar-refractivity contribution in [3.05, 3.63) is 41.7 Å². The van der Waals surface area contributed by atoms with Gasteiger partial charge in [0.15, 0.2) is 0 Å². The van der Waals surface area contributed by atoms with Gasteiger partial charge in [0, 0.05) is 26.7 Å². The molecule has 1 aromatic heterocycles. The van der Waals surface area contributed by atoms with Crippen molar-refractivity contribution >= 4 is 5.91 Å². The lowest BCUT2D eigenvalue weighted by molar-refractivity contribution is -0.124. The van der Waals surface area contributed by atoms with E-state index in [4.69, 9.17) is 4.74 Å². The van der Waals surface area contributed by atoms with Crippen molar-refractivity contribution in [1.29, 1.82) is 0 Å². The van der Waals surface area contributed by atoms with E-state index in [1.165, 1.54) is 0 Å². The molecule has 0 aliphatic carbocycles. The summed E-state index contributed by atoms with van der Waals surface area (Å²) in [5.41, 5.74) is 2.89. The van der Waals surface area contributed by atoms with Gasteiger partial charge >= 0.3 is 0 Å². The summed E-state index contributed by atoms with van der Waals surface area (Å²) in [5, 5.41) is 11.2. The highest BCUT2D eigenvalue weighted by Gasteiger charge is 2.17. The highest BCUT2D eigenvalue weighted by molar-refractivity contribution is 5.78. The summed E-state index contributed by atoms with van der Waals surface area (Å²) in [5.74, 6) is 0.0610. The van der Waals surface area contributed by atoms with Crippen molar-refractivity contribution in [2.45, 2.75) is 13.2 Å². The molecule has 7 heteroatoms. The maximum atomic E-state index is 11.4. The molecule has 1 aliphatic rings. The predicted octanol–water partition coefficient (Wildman–Crippen LogP) is 0.345. The number of hydrogen-bond donors (Lipinski definition) is 1. The largest absolute Gasteiger partial charge is 0.380 e. The van der Waals surface area contributed by atoms with E-state index in [9.17, 15) is 4.79 Å². The van der Waals surface area contributed by atoms with Crippen molar-refractivity contribution in [3.8, 4) is 5.69 Å². The Morgan fingerprint density at radius 2 is 2.32 bits per heavy atom. The van der Waals surface area contributed by atoms with E-state index in [-0.39, 0.29) is 5.91 Å². The molecule has 0 bridgehead atoms. The van der Waals surface area contributed by atoms with E-state index in [1.807, 2.05) is 30.5 Å². The summed E-state index contributed by atoms with van der Waals surface area (Å²) in [7, 11) is 1.68. The van der Waals surface area contributed by atoms with Crippen LogP contribution < -0.4 is 5.32 Å². The summed E-state index contributed by atoms with van der Waals surface area (Å²) in [6.07, 6.45) is 1.90. The number of rotatable bonds is 5. The fourth-order valence-electron chi connectivity index (χ4n) is 2.51. The first kappa shape index (κ1) is 14.7. The Morgan fingerprint density at radius 3 is 3.14 bits per heavy atom. The van der Waals surface area contributed by atoms with E-state index in [1.54, 1.807) is 11.8 Å². The molecule has 1 N–H and O–H groups in total. The molecule has 22 heavy (non-hydrogen) atoms. The predicted molar refractivity (Wildman–Crippen MR) is 80.4 cm³/mol. The zero-order valence-corrected chi connectivity index (χ0v) is 12.5. The topological polar surface area (TPSA) is 72.3 Å². The molecular weight excluding hydrogens is 282 g/mol. The molecule has 1 fully saturated rings. The van der Waals surface area contributed by atoms with Crippen LogP contribution in [0.1, 0.15) is 11.3 Å². The first-order valence-corrected chi connectivity index (χ1v) is 7.23. The van der Waals surface area contributed by atoms with Gasteiger partial charge in [-0.2, -0.15) is 0 Å². The summed E-state index contributed by atoms with van der Waals surface area (Å²) in [6.45, 7) is 3.13. The Morgan fingerprint density at radius 1 is 1.41 bits per heavy atom. The van der Waals surface area contributed by atoms with Crippen LogP contribution in [0.5, 0.6) is 0 Å². The summed E-state index contributed by atoms with van der Waals surface area (Å²) in [6, 6.07) is 7.99. The van der Waals surface area contributed by atoms with Crippen LogP contribution in [0.2, 0.25) is 0 Å². The number of carbonyl (C=O) groups excluding carboxylic acids is 1. The smallest absolute Gasteiger partial charge is 0.234 e. The summed E-state index contributed by atoms with van der Waals surface area (Å²) in [4.78, 5) is 13.4. The van der Waals surface area contributed by atoms with Crippen LogP contribution >= 0.6 is 0 Å². The molecule has 0 saturated carbocycles. The van der Waals surface area contributed by atoms with Crippen LogP contribution in [-0.2, 0) is 22.7 Å². The van der Waals surface area contributed by atoms with Gasteiger partial charge < -0.3 is 10.1 Å². The number of amides is 1. The number of nitrogens with zero attached hydrogens (tertiary/aromatic N) is 4. The Bertz CT molecular complexity index is 655. The number of benzene rings is 1. The number of carbonyl (C=O) groups is 1. The average molecular weight is 301 g/mol. The molecule has 0 spiro atoms. The number of methoxy groups -OCH3 is 1. The van der Waals surface area contributed by atoms with E-state index >= 15 is 0 Å². The molecule has 2 aromatic rings. The van der Waals surface area contributed by atoms with Crippen molar-refractivity contribution < 1.29 is 9.53 Å². The normalized spacial score (nSPS) is 15.8. The van der Waals surface area contributed by atoms with Gasteiger partial charge in [0.25, 0.3) is 0 Å². The Balaban J connectivity index is 1.70. The van der Waals surface area contributed by atoms with Crippen LogP contribution in [0.3, 0.4) is 0 Å². The minimum atomic E-state index is 0.0610. The van der Waals surface area contributed by atoms with E-state index < -0.39 is 0 Å². The number of ether oxygens (including phenoxy) is 1. The van der Waals surface area contributed by atoms with Gasteiger partial charge in [-0.3, -0.25) is 9.69 Å². The van der Waals surface area contributed by atoms with Gasteiger partial charge in [-0.05, 0) is 17.7 Å². The molecule has 3 rings (SSSR count). The van der Waals surface area contributed by atoms with Gasteiger partial charge in [-0.1, -0.05) is 17.3 Å². The molecular formula is C15H19N5O2. The standard InChI is InChI=1S/C15H19N5O2/c1-22-11-12-3-2-4-14(7-12)20-9-13(17-18-20)8-19-6-5-16-15(21)10-19/h2-4,7,9H,5-6,8,10-11H2,1H3,(H,16,21). The third kappa shape index (κ3) is 3.49. The Hall–Kier alpha value is -2.25. The molecule has 0 radical (unpaired) electrons. The summed E-state index contributed by atoms with van der Waals surface area (Å²) >= 11 is 0. The Labute approximate surface area is 128 Å². The minimum absolute atomic E-state index is 0.0610. The van der Waals surface area contributed by atoms with Crippen LogP contribution in [0.15, 0.2) is 30.5 Å². The van der Waals surface area contributed by atoms with E-state index in [0.29, 0.717) is 26.2 Å². The first-order valence-electron chi connectivity index (χ1n) is 7.23. The number of nitrogens with one attached hydrogen (secondary N) is 1. The molecule has 1 amide bonds. The molecule has 1 saturated heterocycles. The Kier molecular flexibility index (Phi) is 4.45. The number of hydrogen-bond acceptors (Lipinski definition) is 5. The quantitative estimate of drug-likeness (QED) is 0.862. The fraction of sp³-hybridized carbons (Fsp3) is 0.400. The van der Waals surface area contributed by atoms with Crippen LogP contribution in [0, 0.1) is 0 Å². The third-order valence-corrected chi connectivity index (χ3v) is 3.53. The van der Waals surface area contributed by atoms with Crippen molar-refractivity contribution in [2.75, 3.05) is 26.7 Å². The molecule has 1 aliphatic heterocycles. The van der Waals surface area contributed by atoms with E-state index in [2.05, 4.69) is 20.5 Å². The maximum Gasteiger partial charge on any atom is 0.234 e. The van der Waals surface area contributed by atoms with Crippen molar-refractivity contribution in [2.24, 2.45) is 0 Å². The van der Waals surface area contributed by atoms with E-state index in [0.717, 1.165) is 23.5 Å². The SMILES string of the molecule is COCc1cccc(-n2cc(CN3CCNC(=O)C3)nn2)c1. The molecule has 1 aromatic carbocycles. The van der Waals surface area contributed by atoms with Crippen LogP contribution in [-0.4, -0.2) is 52.5 Å². The zero-order chi connectivity index (χ0) is 15.4. The number of piperazine rings is 1. The van der Waals surface area contributed by atoms with Crippen LogP contribution in [0.4, 0.5) is 0 Å². The second kappa shape index (κ2) is 6.67. The molecule has 0 atom stereocenters. The number of aromatic nitrogens is 3. The van der Waals surface area contributed by atoms with Crippen molar-refractivity contribution in [1.82, 2.24) is 25.2 Å². The molecule has 2 heterocycles. The molecule has 116 valence electrons. The van der Waals surface area contributed by atoms with Gasteiger partial charge in [-0.15, -0.1) is 5.10 Å². The zero-order valence-electron chi connectivity index (χ0n) is 12.5. The minimum Gasteiger partial charge on any atom is -0.380 e. The lowest BCUT2D eigenvalue weighted by Crippen LogP contribution is -2.47.